The Morgan fingerprint density at radius 2 is 2.25 bits per heavy atom. The number of ether oxygens (including phenoxy) is 1. The van der Waals surface area contributed by atoms with Crippen LogP contribution in [-0.4, -0.2) is 56.7 Å². The van der Waals surface area contributed by atoms with Gasteiger partial charge in [-0.25, -0.2) is 4.79 Å². The van der Waals surface area contributed by atoms with Gasteiger partial charge in [-0.1, -0.05) is 0 Å². The summed E-state index contributed by atoms with van der Waals surface area (Å²) >= 11 is 0. The first kappa shape index (κ1) is 18.7. The predicted octanol–water partition coefficient (Wildman–Crippen LogP) is 1.83. The third-order valence-corrected chi connectivity index (χ3v) is 4.25. The number of rotatable bonds is 5. The summed E-state index contributed by atoms with van der Waals surface area (Å²) in [6.07, 6.45) is 4.51. The summed E-state index contributed by atoms with van der Waals surface area (Å²) in [5, 5.41) is 17.6. The molecule has 2 rings (SSSR count). The zero-order valence-corrected chi connectivity index (χ0v) is 15.3. The van der Waals surface area contributed by atoms with Crippen LogP contribution in [0.15, 0.2) is 12.4 Å². The maximum Gasteiger partial charge on any atom is 0.410 e. The lowest BCUT2D eigenvalue weighted by molar-refractivity contribution is 0.0197. The summed E-state index contributed by atoms with van der Waals surface area (Å²) in [7, 11) is 1.82. The molecule has 2 unspecified atom stereocenters. The number of aromatic nitrogens is 2. The van der Waals surface area contributed by atoms with Gasteiger partial charge in [0.1, 0.15) is 5.60 Å². The van der Waals surface area contributed by atoms with Gasteiger partial charge >= 0.3 is 6.09 Å². The van der Waals surface area contributed by atoms with Gasteiger partial charge in [0.05, 0.1) is 18.3 Å². The Hall–Kier alpha value is -1.60. The molecular formula is C17H30N4O3. The fraction of sp³-hybridized carbons (Fsp3) is 0.765. The third kappa shape index (κ3) is 4.95. The van der Waals surface area contributed by atoms with E-state index in [1.165, 1.54) is 0 Å². The van der Waals surface area contributed by atoms with E-state index in [4.69, 9.17) is 4.74 Å². The lowest BCUT2D eigenvalue weighted by Gasteiger charge is -2.32. The monoisotopic (exact) mass is 338 g/mol. The van der Waals surface area contributed by atoms with Crippen molar-refractivity contribution in [3.8, 4) is 0 Å². The molecule has 7 nitrogen and oxygen atoms in total. The second-order valence-corrected chi connectivity index (χ2v) is 7.54. The highest BCUT2D eigenvalue weighted by atomic mass is 16.6. The first-order chi connectivity index (χ1) is 11.2. The van der Waals surface area contributed by atoms with Crippen molar-refractivity contribution >= 4 is 6.09 Å². The predicted molar refractivity (Wildman–Crippen MR) is 91.6 cm³/mol. The smallest absolute Gasteiger partial charge is 0.410 e. The number of nitrogens with one attached hydrogen (secondary N) is 1. The van der Waals surface area contributed by atoms with Crippen molar-refractivity contribution in [3.63, 3.8) is 0 Å². The molecule has 0 aromatic carbocycles. The summed E-state index contributed by atoms with van der Waals surface area (Å²) in [5.41, 5.74) is 0.296. The lowest BCUT2D eigenvalue weighted by Crippen LogP contribution is -2.49. The largest absolute Gasteiger partial charge is 0.444 e. The number of aliphatic hydroxyl groups excluding tert-OH is 1. The van der Waals surface area contributed by atoms with E-state index < -0.39 is 11.7 Å². The second-order valence-electron chi connectivity index (χ2n) is 7.54. The van der Waals surface area contributed by atoms with Gasteiger partial charge in [-0.2, -0.15) is 5.10 Å². The maximum absolute atomic E-state index is 12.4. The summed E-state index contributed by atoms with van der Waals surface area (Å²) in [4.78, 5) is 14.2. The Morgan fingerprint density at radius 1 is 1.54 bits per heavy atom. The van der Waals surface area contributed by atoms with Gasteiger partial charge in [0.15, 0.2) is 0 Å². The van der Waals surface area contributed by atoms with Crippen molar-refractivity contribution in [2.45, 2.75) is 64.3 Å². The van der Waals surface area contributed by atoms with Gasteiger partial charge in [0.2, 0.25) is 0 Å². The Kier molecular flexibility index (Phi) is 5.87. The Labute approximate surface area is 144 Å². The number of carbonyl (C=O) groups excluding carboxylic acids is 1. The number of carbonyl (C=O) groups is 1. The van der Waals surface area contributed by atoms with Gasteiger partial charge < -0.3 is 20.1 Å². The van der Waals surface area contributed by atoms with Crippen molar-refractivity contribution in [2.24, 2.45) is 7.05 Å². The van der Waals surface area contributed by atoms with Gasteiger partial charge in [-0.15, -0.1) is 0 Å². The molecule has 0 aliphatic carbocycles. The number of aryl methyl sites for hydroxylation is 1. The zero-order chi connectivity index (χ0) is 17.9. The average Bonchev–Trinajstić information content (AvgIpc) is 3.11. The van der Waals surface area contributed by atoms with Crippen molar-refractivity contribution in [1.29, 1.82) is 0 Å². The molecule has 0 radical (unpaired) electrons. The van der Waals surface area contributed by atoms with E-state index in [-0.39, 0.29) is 18.2 Å². The molecular weight excluding hydrogens is 308 g/mol. The molecule has 2 heterocycles. The molecule has 3 atom stereocenters. The molecule has 1 aromatic heterocycles. The van der Waals surface area contributed by atoms with E-state index in [1.807, 2.05) is 34.7 Å². The van der Waals surface area contributed by atoms with Crippen molar-refractivity contribution < 1.29 is 14.6 Å². The number of hydrogen-bond acceptors (Lipinski definition) is 5. The number of nitrogens with zero attached hydrogens (tertiary/aromatic N) is 3. The molecule has 1 amide bonds. The molecule has 2 N–H and O–H groups in total. The molecule has 0 saturated carbocycles. The quantitative estimate of drug-likeness (QED) is 0.856. The first-order valence-electron chi connectivity index (χ1n) is 8.57. The van der Waals surface area contributed by atoms with Gasteiger partial charge in [0.25, 0.3) is 0 Å². The van der Waals surface area contributed by atoms with Crippen molar-refractivity contribution in [1.82, 2.24) is 20.0 Å². The standard InChI is InChI=1S/C17H30N4O3/c1-12(18-10-15(22)13-9-19-20(5)11-13)14-7-6-8-21(14)16(23)24-17(2,3)4/h9,11-12,14-15,18,22H,6-8,10H2,1-5H3/t12?,14-,15?/m0/s1. The topological polar surface area (TPSA) is 79.6 Å². The summed E-state index contributed by atoms with van der Waals surface area (Å²) in [6, 6.07) is 0.160. The van der Waals surface area contributed by atoms with Crippen LogP contribution in [0.1, 0.15) is 52.2 Å². The van der Waals surface area contributed by atoms with Crippen LogP contribution in [0.5, 0.6) is 0 Å². The molecule has 136 valence electrons. The van der Waals surface area contributed by atoms with Crippen LogP contribution >= 0.6 is 0 Å². The second kappa shape index (κ2) is 7.53. The Balaban J connectivity index is 1.88. The molecule has 7 heteroatoms. The van der Waals surface area contributed by atoms with E-state index in [2.05, 4.69) is 10.4 Å². The first-order valence-corrected chi connectivity index (χ1v) is 8.57. The highest BCUT2D eigenvalue weighted by Crippen LogP contribution is 2.23. The average molecular weight is 338 g/mol. The molecule has 1 aliphatic heterocycles. The minimum absolute atomic E-state index is 0.0753. The van der Waals surface area contributed by atoms with Crippen LogP contribution in [0.25, 0.3) is 0 Å². The minimum Gasteiger partial charge on any atom is -0.444 e. The molecule has 24 heavy (non-hydrogen) atoms. The molecule has 1 aromatic rings. The van der Waals surface area contributed by atoms with E-state index in [1.54, 1.807) is 22.0 Å². The van der Waals surface area contributed by atoms with Gasteiger partial charge in [0, 0.05) is 37.9 Å². The number of likely N-dealkylation sites (tertiary alicyclic amines) is 1. The normalized spacial score (nSPS) is 20.9. The van der Waals surface area contributed by atoms with Crippen LogP contribution in [0.2, 0.25) is 0 Å². The van der Waals surface area contributed by atoms with Gasteiger partial charge in [-0.05, 0) is 40.5 Å². The summed E-state index contributed by atoms with van der Waals surface area (Å²) in [5.74, 6) is 0. The zero-order valence-electron chi connectivity index (χ0n) is 15.3. The number of aliphatic hydroxyl groups is 1. The van der Waals surface area contributed by atoms with E-state index >= 15 is 0 Å². The fourth-order valence-corrected chi connectivity index (χ4v) is 3.02. The maximum atomic E-state index is 12.4. The van der Waals surface area contributed by atoms with Crippen LogP contribution in [0.4, 0.5) is 4.79 Å². The van der Waals surface area contributed by atoms with Crippen LogP contribution in [0, 0.1) is 0 Å². The SMILES string of the molecule is CC(NCC(O)c1cnn(C)c1)[C@@H]1CCCN1C(=O)OC(C)(C)C. The van der Waals surface area contributed by atoms with E-state index in [9.17, 15) is 9.90 Å². The third-order valence-electron chi connectivity index (χ3n) is 4.25. The van der Waals surface area contributed by atoms with Crippen LogP contribution in [-0.2, 0) is 11.8 Å². The Bertz CT molecular complexity index is 552. The van der Waals surface area contributed by atoms with Crippen molar-refractivity contribution in [2.75, 3.05) is 13.1 Å². The lowest BCUT2D eigenvalue weighted by atomic mass is 10.1. The van der Waals surface area contributed by atoms with Crippen LogP contribution in [0.3, 0.4) is 0 Å². The van der Waals surface area contributed by atoms with Crippen LogP contribution < -0.4 is 5.32 Å². The van der Waals surface area contributed by atoms with Gasteiger partial charge in [-0.3, -0.25) is 4.68 Å². The highest BCUT2D eigenvalue weighted by molar-refractivity contribution is 5.69. The number of amides is 1. The minimum atomic E-state index is -0.613. The molecule has 1 aliphatic rings. The van der Waals surface area contributed by atoms with Crippen molar-refractivity contribution in [3.05, 3.63) is 18.0 Å². The van der Waals surface area contributed by atoms with E-state index in [0.29, 0.717) is 6.54 Å². The fourth-order valence-electron chi connectivity index (χ4n) is 3.02. The van der Waals surface area contributed by atoms with E-state index in [0.717, 1.165) is 24.9 Å². The summed E-state index contributed by atoms with van der Waals surface area (Å²) < 4.78 is 7.17. The Morgan fingerprint density at radius 3 is 2.83 bits per heavy atom. The molecule has 0 bridgehead atoms. The number of hydrogen-bond donors (Lipinski definition) is 2. The molecule has 1 fully saturated rings. The molecule has 0 spiro atoms. The highest BCUT2D eigenvalue weighted by Gasteiger charge is 2.35. The summed E-state index contributed by atoms with van der Waals surface area (Å²) in [6.45, 7) is 8.82. The molecule has 1 saturated heterocycles.